The van der Waals surface area contributed by atoms with E-state index in [-0.39, 0.29) is 6.10 Å². The molecule has 8 heteroatoms. The minimum absolute atomic E-state index is 0.0851. The van der Waals surface area contributed by atoms with Crippen molar-refractivity contribution < 1.29 is 5.11 Å². The second-order valence-electron chi connectivity index (χ2n) is 8.53. The maximum atomic E-state index is 9.73. The van der Waals surface area contributed by atoms with E-state index >= 15 is 0 Å². The topological polar surface area (TPSA) is 86.1 Å². The van der Waals surface area contributed by atoms with Gasteiger partial charge in [-0.15, -0.1) is 0 Å². The maximum Gasteiger partial charge on any atom is 0.180 e. The van der Waals surface area contributed by atoms with Crippen LogP contribution in [-0.2, 0) is 7.05 Å². The van der Waals surface area contributed by atoms with Crippen LogP contribution in [0.2, 0.25) is 0 Å². The Balaban J connectivity index is 1.31. The number of fused-ring (bicyclic) bond motifs is 3. The van der Waals surface area contributed by atoms with Gasteiger partial charge in [0.25, 0.3) is 0 Å². The molecule has 2 bridgehead atoms. The zero-order valence-electron chi connectivity index (χ0n) is 16.0. The van der Waals surface area contributed by atoms with E-state index in [9.17, 15) is 5.11 Å². The highest BCUT2D eigenvalue weighted by molar-refractivity contribution is 5.88. The summed E-state index contributed by atoms with van der Waals surface area (Å²) in [4.78, 5) is 17.9. The highest BCUT2D eigenvalue weighted by atomic mass is 16.3. The molecule has 2 aliphatic heterocycles. The van der Waals surface area contributed by atoms with E-state index in [2.05, 4.69) is 30.9 Å². The molecule has 28 heavy (non-hydrogen) atoms. The van der Waals surface area contributed by atoms with Crippen molar-refractivity contribution in [2.24, 2.45) is 7.05 Å². The van der Waals surface area contributed by atoms with Gasteiger partial charge in [0.15, 0.2) is 5.65 Å². The Labute approximate surface area is 163 Å². The van der Waals surface area contributed by atoms with Crippen LogP contribution in [0.15, 0.2) is 24.7 Å². The third-order valence-electron chi connectivity index (χ3n) is 6.74. The van der Waals surface area contributed by atoms with Crippen molar-refractivity contribution >= 4 is 16.9 Å². The molecule has 3 aromatic heterocycles. The first-order valence-electron chi connectivity index (χ1n) is 10.2. The van der Waals surface area contributed by atoms with Crippen molar-refractivity contribution in [3.05, 3.63) is 24.7 Å². The van der Waals surface area contributed by atoms with E-state index in [1.54, 1.807) is 4.68 Å². The van der Waals surface area contributed by atoms with E-state index in [4.69, 9.17) is 4.98 Å². The number of aromatic nitrogens is 5. The van der Waals surface area contributed by atoms with Gasteiger partial charge in [-0.25, -0.2) is 9.97 Å². The zero-order valence-corrected chi connectivity index (χ0v) is 16.0. The summed E-state index contributed by atoms with van der Waals surface area (Å²) in [6, 6.07) is 3.85. The van der Waals surface area contributed by atoms with Gasteiger partial charge in [-0.1, -0.05) is 0 Å². The van der Waals surface area contributed by atoms with Crippen molar-refractivity contribution in [1.82, 2.24) is 29.6 Å². The van der Waals surface area contributed by atoms with E-state index in [0.29, 0.717) is 18.1 Å². The van der Waals surface area contributed by atoms with Gasteiger partial charge in [-0.05, 0) is 31.7 Å². The summed E-state index contributed by atoms with van der Waals surface area (Å²) >= 11 is 0. The van der Waals surface area contributed by atoms with Gasteiger partial charge in [0.05, 0.1) is 23.6 Å². The molecule has 1 aliphatic carbocycles. The third-order valence-corrected chi connectivity index (χ3v) is 6.74. The first-order valence-corrected chi connectivity index (χ1v) is 10.2. The Morgan fingerprint density at radius 2 is 1.93 bits per heavy atom. The molecule has 3 aliphatic rings. The number of pyridine rings is 1. The standard InChI is InChI=1S/C20H25N7O/c1-25-9-12(8-22-25)19-23-18-17(4-5-21-20(18)24-19)26-10-13-2-3-14(11-26)27(13)15-6-16(28)7-15/h4-5,8-9,13-16,28H,2-3,6-7,10-11H2,1H3,(H,21,23,24). The van der Waals surface area contributed by atoms with Crippen molar-refractivity contribution in [3.8, 4) is 11.4 Å². The number of aliphatic hydroxyl groups excluding tert-OH is 1. The van der Waals surface area contributed by atoms with Crippen LogP contribution in [0, 0.1) is 0 Å². The molecule has 0 aromatic carbocycles. The molecule has 0 spiro atoms. The minimum atomic E-state index is -0.0851. The second-order valence-corrected chi connectivity index (χ2v) is 8.53. The van der Waals surface area contributed by atoms with Crippen LogP contribution in [0.5, 0.6) is 0 Å². The van der Waals surface area contributed by atoms with Crippen LogP contribution in [-0.4, -0.2) is 72.1 Å². The molecule has 6 rings (SSSR count). The van der Waals surface area contributed by atoms with Crippen LogP contribution in [0.3, 0.4) is 0 Å². The van der Waals surface area contributed by atoms with Gasteiger partial charge in [-0.3, -0.25) is 9.58 Å². The van der Waals surface area contributed by atoms with Crippen molar-refractivity contribution in [3.63, 3.8) is 0 Å². The molecule has 1 saturated carbocycles. The molecule has 2 unspecified atom stereocenters. The smallest absolute Gasteiger partial charge is 0.180 e. The highest BCUT2D eigenvalue weighted by Gasteiger charge is 2.46. The van der Waals surface area contributed by atoms with Gasteiger partial charge >= 0.3 is 0 Å². The molecular weight excluding hydrogens is 354 g/mol. The fraction of sp³-hybridized carbons (Fsp3) is 0.550. The van der Waals surface area contributed by atoms with E-state index in [1.807, 2.05) is 25.6 Å². The molecule has 2 saturated heterocycles. The summed E-state index contributed by atoms with van der Waals surface area (Å²) < 4.78 is 1.78. The normalized spacial score (nSPS) is 30.1. The number of rotatable bonds is 3. The SMILES string of the molecule is Cn1cc(-c2nc3nccc(N4CC5CCC(C4)N5C4CC(O)C4)c3[nH]2)cn1. The van der Waals surface area contributed by atoms with Gasteiger partial charge in [0.2, 0.25) is 0 Å². The Morgan fingerprint density at radius 3 is 2.61 bits per heavy atom. The minimum Gasteiger partial charge on any atom is -0.393 e. The summed E-state index contributed by atoms with van der Waals surface area (Å²) in [6.45, 7) is 2.06. The molecule has 146 valence electrons. The predicted molar refractivity (Wildman–Crippen MR) is 106 cm³/mol. The number of anilines is 1. The first kappa shape index (κ1) is 16.5. The van der Waals surface area contributed by atoms with E-state index < -0.39 is 0 Å². The Kier molecular flexibility index (Phi) is 3.55. The number of hydrogen-bond acceptors (Lipinski definition) is 6. The van der Waals surface area contributed by atoms with Crippen molar-refractivity contribution in [2.45, 2.75) is 49.9 Å². The third kappa shape index (κ3) is 2.48. The molecule has 2 atom stereocenters. The van der Waals surface area contributed by atoms with Crippen LogP contribution >= 0.6 is 0 Å². The molecule has 0 amide bonds. The van der Waals surface area contributed by atoms with E-state index in [1.165, 1.54) is 18.5 Å². The maximum absolute atomic E-state index is 9.73. The summed E-state index contributed by atoms with van der Waals surface area (Å²) in [7, 11) is 1.91. The fourth-order valence-corrected chi connectivity index (χ4v) is 5.37. The molecule has 8 nitrogen and oxygen atoms in total. The summed E-state index contributed by atoms with van der Waals surface area (Å²) in [5.74, 6) is 0.813. The van der Waals surface area contributed by atoms with Gasteiger partial charge in [0.1, 0.15) is 11.3 Å². The van der Waals surface area contributed by atoms with Gasteiger partial charge in [-0.2, -0.15) is 5.10 Å². The highest BCUT2D eigenvalue weighted by Crippen LogP contribution is 2.40. The molecule has 5 heterocycles. The molecule has 3 aromatic rings. The molecular formula is C20H25N7O. The Bertz CT molecular complexity index is 1010. The number of aryl methyl sites for hydroxylation is 1. The second kappa shape index (κ2) is 6.02. The fourth-order valence-electron chi connectivity index (χ4n) is 5.37. The van der Waals surface area contributed by atoms with Crippen molar-refractivity contribution in [1.29, 1.82) is 0 Å². The number of nitrogens with one attached hydrogen (secondary N) is 1. The summed E-state index contributed by atoms with van der Waals surface area (Å²) in [5, 5.41) is 14.0. The number of imidazole rings is 1. The average molecular weight is 379 g/mol. The van der Waals surface area contributed by atoms with Gasteiger partial charge in [0, 0.05) is 50.7 Å². The average Bonchev–Trinajstić information content (AvgIpc) is 3.34. The number of aromatic amines is 1. The lowest BCUT2D eigenvalue weighted by Crippen LogP contribution is -2.60. The van der Waals surface area contributed by atoms with E-state index in [0.717, 1.165) is 48.5 Å². The lowest BCUT2D eigenvalue weighted by atomic mass is 9.86. The quantitative estimate of drug-likeness (QED) is 0.718. The van der Waals surface area contributed by atoms with Crippen LogP contribution in [0.4, 0.5) is 5.69 Å². The summed E-state index contributed by atoms with van der Waals surface area (Å²) in [5.41, 5.74) is 3.93. The zero-order chi connectivity index (χ0) is 18.8. The van der Waals surface area contributed by atoms with Crippen LogP contribution < -0.4 is 4.90 Å². The molecule has 2 N–H and O–H groups in total. The molecule has 3 fully saturated rings. The lowest BCUT2D eigenvalue weighted by molar-refractivity contribution is -0.0245. The number of aliphatic hydroxyl groups is 1. The summed E-state index contributed by atoms with van der Waals surface area (Å²) in [6.07, 6.45) is 9.97. The monoisotopic (exact) mass is 379 g/mol. The number of nitrogens with zero attached hydrogens (tertiary/aromatic N) is 6. The van der Waals surface area contributed by atoms with Crippen molar-refractivity contribution in [2.75, 3.05) is 18.0 Å². The first-order chi connectivity index (χ1) is 13.7. The number of piperazine rings is 1. The number of hydrogen-bond donors (Lipinski definition) is 2. The Hall–Kier alpha value is -2.45. The van der Waals surface area contributed by atoms with Gasteiger partial charge < -0.3 is 15.0 Å². The lowest BCUT2D eigenvalue weighted by Gasteiger charge is -2.50. The van der Waals surface area contributed by atoms with Crippen LogP contribution in [0.1, 0.15) is 25.7 Å². The number of H-pyrrole nitrogens is 1. The van der Waals surface area contributed by atoms with Crippen LogP contribution in [0.25, 0.3) is 22.6 Å². The predicted octanol–water partition coefficient (Wildman–Crippen LogP) is 1.53. The largest absolute Gasteiger partial charge is 0.393 e. The molecule has 0 radical (unpaired) electrons. The Morgan fingerprint density at radius 1 is 1.14 bits per heavy atom.